The van der Waals surface area contributed by atoms with Gasteiger partial charge in [0, 0.05) is 29.8 Å². The maximum atomic E-state index is 11.9. The molecule has 0 N–H and O–H groups in total. The summed E-state index contributed by atoms with van der Waals surface area (Å²) in [6.07, 6.45) is 5.19. The summed E-state index contributed by atoms with van der Waals surface area (Å²) in [7, 11) is 0. The van der Waals surface area contributed by atoms with E-state index in [2.05, 4.69) is 59.3 Å². The second-order valence-electron chi connectivity index (χ2n) is 8.49. The number of rotatable bonds is 8. The minimum atomic E-state index is -0.152. The lowest BCUT2D eigenvalue weighted by Crippen LogP contribution is -2.15. The molecular formula is C29H29NO4. The van der Waals surface area contributed by atoms with Crippen molar-refractivity contribution in [2.45, 2.75) is 32.6 Å². The average molecular weight is 456 g/mol. The van der Waals surface area contributed by atoms with Gasteiger partial charge in [-0.25, -0.2) is 0 Å². The second-order valence-corrected chi connectivity index (χ2v) is 8.49. The van der Waals surface area contributed by atoms with Crippen LogP contribution < -0.4 is 9.47 Å². The van der Waals surface area contributed by atoms with E-state index < -0.39 is 0 Å². The zero-order chi connectivity index (χ0) is 23.3. The highest BCUT2D eigenvalue weighted by Gasteiger charge is 2.16. The maximum absolute atomic E-state index is 11.9. The smallest absolute Gasteiger partial charge is 0.306 e. The van der Waals surface area contributed by atoms with Gasteiger partial charge in [-0.3, -0.25) is 4.79 Å². The number of esters is 1. The molecule has 0 saturated heterocycles. The molecule has 174 valence electrons. The molecule has 1 aliphatic rings. The molecule has 5 rings (SSSR count). The molecule has 0 radical (unpaired) electrons. The van der Waals surface area contributed by atoms with Crippen LogP contribution >= 0.6 is 0 Å². The lowest BCUT2D eigenvalue weighted by atomic mass is 10.0. The Kier molecular flexibility index (Phi) is 6.52. The molecule has 0 bridgehead atoms. The molecule has 0 atom stereocenters. The summed E-state index contributed by atoms with van der Waals surface area (Å²) in [5.41, 5.74) is 5.92. The van der Waals surface area contributed by atoms with Crippen molar-refractivity contribution in [1.82, 2.24) is 4.57 Å². The number of benzene rings is 3. The molecule has 0 amide bonds. The fraction of sp³-hybridized carbons (Fsp3) is 0.276. The number of hydrogen-bond donors (Lipinski definition) is 0. The van der Waals surface area contributed by atoms with Crippen molar-refractivity contribution in [3.63, 3.8) is 0 Å². The van der Waals surface area contributed by atoms with Crippen LogP contribution in [0.25, 0.3) is 16.6 Å². The summed E-state index contributed by atoms with van der Waals surface area (Å²) < 4.78 is 18.9. The summed E-state index contributed by atoms with van der Waals surface area (Å²) >= 11 is 0. The van der Waals surface area contributed by atoms with Crippen LogP contribution in [-0.2, 0) is 28.8 Å². The first kappa shape index (κ1) is 22.1. The highest BCUT2D eigenvalue weighted by atomic mass is 16.6. The number of fused-ring (bicyclic) bond motifs is 2. The van der Waals surface area contributed by atoms with E-state index in [1.165, 1.54) is 16.5 Å². The predicted octanol–water partition coefficient (Wildman–Crippen LogP) is 5.68. The quantitative estimate of drug-likeness (QED) is 0.321. The number of carbonyl (C=O) groups is 1. The number of aryl methyl sites for hydroxylation is 3. The Morgan fingerprint density at radius 3 is 2.53 bits per heavy atom. The van der Waals surface area contributed by atoms with E-state index in [-0.39, 0.29) is 5.97 Å². The van der Waals surface area contributed by atoms with E-state index in [0.717, 1.165) is 41.1 Å². The standard InChI is InChI=1S/C29H29NO4/c1-2-32-29(31)15-10-22-9-13-26-25(18-22)23(11-8-21-6-4-3-5-7-21)20-30(26)24-12-14-27-28(19-24)34-17-16-33-27/h3-7,9,12-14,18-20H,2,8,10-11,15-17H2,1H3. The third kappa shape index (κ3) is 4.79. The summed E-state index contributed by atoms with van der Waals surface area (Å²) in [6, 6.07) is 23.1. The van der Waals surface area contributed by atoms with E-state index in [0.29, 0.717) is 32.7 Å². The maximum Gasteiger partial charge on any atom is 0.306 e. The average Bonchev–Trinajstić information content (AvgIpc) is 3.24. The van der Waals surface area contributed by atoms with Crippen LogP contribution in [0.1, 0.15) is 30.0 Å². The van der Waals surface area contributed by atoms with Crippen molar-refractivity contribution in [1.29, 1.82) is 0 Å². The number of nitrogens with zero attached hydrogens (tertiary/aromatic N) is 1. The van der Waals surface area contributed by atoms with Gasteiger partial charge in [0.25, 0.3) is 0 Å². The van der Waals surface area contributed by atoms with E-state index >= 15 is 0 Å². The van der Waals surface area contributed by atoms with Crippen molar-refractivity contribution in [2.24, 2.45) is 0 Å². The van der Waals surface area contributed by atoms with Gasteiger partial charge in [-0.1, -0.05) is 36.4 Å². The fourth-order valence-electron chi connectivity index (χ4n) is 4.50. The minimum Gasteiger partial charge on any atom is -0.486 e. The number of aromatic nitrogens is 1. The van der Waals surface area contributed by atoms with Gasteiger partial charge in [0.15, 0.2) is 11.5 Å². The molecule has 0 saturated carbocycles. The Bertz CT molecular complexity index is 1290. The molecular weight excluding hydrogens is 426 g/mol. The Morgan fingerprint density at radius 2 is 1.71 bits per heavy atom. The molecule has 1 aromatic heterocycles. The van der Waals surface area contributed by atoms with Crippen LogP contribution in [0.2, 0.25) is 0 Å². The van der Waals surface area contributed by atoms with Crippen LogP contribution in [-0.4, -0.2) is 30.4 Å². The topological polar surface area (TPSA) is 49.7 Å². The van der Waals surface area contributed by atoms with Crippen molar-refractivity contribution in [3.8, 4) is 17.2 Å². The van der Waals surface area contributed by atoms with Crippen LogP contribution in [0.15, 0.2) is 72.9 Å². The fourth-order valence-corrected chi connectivity index (χ4v) is 4.50. The second kappa shape index (κ2) is 10.0. The van der Waals surface area contributed by atoms with Crippen molar-refractivity contribution in [2.75, 3.05) is 19.8 Å². The first-order chi connectivity index (χ1) is 16.7. The number of ether oxygens (including phenoxy) is 3. The van der Waals surface area contributed by atoms with Gasteiger partial charge in [0.2, 0.25) is 0 Å². The molecule has 5 nitrogen and oxygen atoms in total. The Hall–Kier alpha value is -3.73. The minimum absolute atomic E-state index is 0.152. The Labute approximate surface area is 199 Å². The summed E-state index contributed by atoms with van der Waals surface area (Å²) in [5, 5.41) is 1.21. The first-order valence-electron chi connectivity index (χ1n) is 11.9. The van der Waals surface area contributed by atoms with Crippen LogP contribution in [0.3, 0.4) is 0 Å². The van der Waals surface area contributed by atoms with Crippen LogP contribution in [0.4, 0.5) is 0 Å². The van der Waals surface area contributed by atoms with E-state index in [9.17, 15) is 4.79 Å². The largest absolute Gasteiger partial charge is 0.486 e. The molecule has 2 heterocycles. The van der Waals surface area contributed by atoms with Gasteiger partial charge in [0.1, 0.15) is 13.2 Å². The molecule has 34 heavy (non-hydrogen) atoms. The third-order valence-electron chi connectivity index (χ3n) is 6.20. The van der Waals surface area contributed by atoms with Gasteiger partial charge in [-0.05, 0) is 67.1 Å². The van der Waals surface area contributed by atoms with E-state index in [1.807, 2.05) is 25.1 Å². The number of carbonyl (C=O) groups excluding carboxylic acids is 1. The summed E-state index contributed by atoms with van der Waals surface area (Å²) in [6.45, 7) is 3.40. The molecule has 4 aromatic rings. The molecule has 0 aliphatic carbocycles. The molecule has 0 fully saturated rings. The van der Waals surface area contributed by atoms with Crippen molar-refractivity contribution in [3.05, 3.63) is 89.6 Å². The summed E-state index contributed by atoms with van der Waals surface area (Å²) in [4.78, 5) is 11.9. The molecule has 0 unspecified atom stereocenters. The SMILES string of the molecule is CCOC(=O)CCc1ccc2c(c1)c(CCc1ccccc1)cn2-c1ccc2c(c1)OCCO2. The van der Waals surface area contributed by atoms with Gasteiger partial charge < -0.3 is 18.8 Å². The van der Waals surface area contributed by atoms with Crippen molar-refractivity contribution < 1.29 is 19.0 Å². The van der Waals surface area contributed by atoms with Gasteiger partial charge in [0.05, 0.1) is 12.1 Å². The molecule has 0 spiro atoms. The Morgan fingerprint density at radius 1 is 0.882 bits per heavy atom. The molecule has 5 heteroatoms. The van der Waals surface area contributed by atoms with Gasteiger partial charge in [-0.15, -0.1) is 0 Å². The lowest BCUT2D eigenvalue weighted by Gasteiger charge is -2.19. The highest BCUT2D eigenvalue weighted by molar-refractivity contribution is 5.86. The zero-order valence-corrected chi connectivity index (χ0v) is 19.5. The molecule has 3 aromatic carbocycles. The van der Waals surface area contributed by atoms with E-state index in [1.54, 1.807) is 0 Å². The Balaban J connectivity index is 1.49. The normalized spacial score (nSPS) is 12.6. The van der Waals surface area contributed by atoms with Crippen molar-refractivity contribution >= 4 is 16.9 Å². The van der Waals surface area contributed by atoms with E-state index in [4.69, 9.17) is 14.2 Å². The van der Waals surface area contributed by atoms with Crippen LogP contribution in [0, 0.1) is 0 Å². The third-order valence-corrected chi connectivity index (χ3v) is 6.20. The number of hydrogen-bond acceptors (Lipinski definition) is 4. The first-order valence-corrected chi connectivity index (χ1v) is 11.9. The lowest BCUT2D eigenvalue weighted by molar-refractivity contribution is -0.143. The zero-order valence-electron chi connectivity index (χ0n) is 19.5. The van der Waals surface area contributed by atoms with Gasteiger partial charge >= 0.3 is 5.97 Å². The summed E-state index contributed by atoms with van der Waals surface area (Å²) in [5.74, 6) is 1.42. The monoisotopic (exact) mass is 455 g/mol. The predicted molar refractivity (Wildman–Crippen MR) is 133 cm³/mol. The van der Waals surface area contributed by atoms with Gasteiger partial charge in [-0.2, -0.15) is 0 Å². The van der Waals surface area contributed by atoms with Crippen LogP contribution in [0.5, 0.6) is 11.5 Å². The highest BCUT2D eigenvalue weighted by Crippen LogP contribution is 2.34. The molecule has 1 aliphatic heterocycles.